The van der Waals surface area contributed by atoms with Crippen molar-refractivity contribution < 1.29 is 9.90 Å². The van der Waals surface area contributed by atoms with E-state index in [0.717, 1.165) is 0 Å². The van der Waals surface area contributed by atoms with Gasteiger partial charge in [-0.25, -0.2) is 0 Å². The fraction of sp³-hybridized carbons (Fsp3) is 0.571. The highest BCUT2D eigenvalue weighted by Crippen LogP contribution is 2.42. The molecule has 2 aliphatic heterocycles. The lowest BCUT2D eigenvalue weighted by Gasteiger charge is -2.42. The number of thioether (sulfide) groups is 1. The smallest absolute Gasteiger partial charge is 0.236 e. The second-order valence-corrected chi connectivity index (χ2v) is 3.85. The second kappa shape index (κ2) is 2.25. The summed E-state index contributed by atoms with van der Waals surface area (Å²) in [5, 5.41) is 11.3. The van der Waals surface area contributed by atoms with Crippen LogP contribution in [0.2, 0.25) is 0 Å². The number of β-lactam (4-membered cyclic amide) rings is 1. The van der Waals surface area contributed by atoms with Gasteiger partial charge in [0.05, 0.1) is 12.0 Å². The number of carbonyl (C=O) groups excluding carboxylic acids is 1. The van der Waals surface area contributed by atoms with Crippen LogP contribution in [0.3, 0.4) is 0 Å². The molecule has 0 aromatic rings. The van der Waals surface area contributed by atoms with E-state index in [0.29, 0.717) is 0 Å². The molecule has 0 radical (unpaired) electrons. The van der Waals surface area contributed by atoms with Crippen LogP contribution in [0.25, 0.3) is 0 Å². The Labute approximate surface area is 69.1 Å². The van der Waals surface area contributed by atoms with Crippen LogP contribution < -0.4 is 0 Å². The van der Waals surface area contributed by atoms with Gasteiger partial charge < -0.3 is 10.0 Å². The quantitative estimate of drug-likeness (QED) is 0.579. The van der Waals surface area contributed by atoms with Crippen molar-refractivity contribution in [1.29, 1.82) is 0 Å². The number of amides is 1. The number of hydrogen-bond acceptors (Lipinski definition) is 3. The van der Waals surface area contributed by atoms with Crippen LogP contribution in [0, 0.1) is 5.92 Å². The van der Waals surface area contributed by atoms with Crippen molar-refractivity contribution in [3.8, 4) is 0 Å². The first-order valence-electron chi connectivity index (χ1n) is 3.54. The lowest BCUT2D eigenvalue weighted by molar-refractivity contribution is -0.151. The topological polar surface area (TPSA) is 40.5 Å². The van der Waals surface area contributed by atoms with Gasteiger partial charge in [0.1, 0.15) is 5.37 Å². The van der Waals surface area contributed by atoms with Crippen molar-refractivity contribution in [2.45, 2.75) is 18.4 Å². The van der Waals surface area contributed by atoms with E-state index in [9.17, 15) is 9.90 Å². The Morgan fingerprint density at radius 3 is 3.18 bits per heavy atom. The molecule has 0 spiro atoms. The molecule has 60 valence electrons. The minimum Gasteiger partial charge on any atom is -0.392 e. The van der Waals surface area contributed by atoms with E-state index in [-0.39, 0.29) is 17.2 Å². The van der Waals surface area contributed by atoms with Crippen molar-refractivity contribution >= 4 is 17.7 Å². The summed E-state index contributed by atoms with van der Waals surface area (Å²) >= 11 is 1.60. The maximum absolute atomic E-state index is 11.2. The molecule has 1 amide bonds. The lowest BCUT2D eigenvalue weighted by atomic mass is 9.93. The number of hydrogen-bond donors (Lipinski definition) is 1. The first-order chi connectivity index (χ1) is 5.22. The molecule has 1 fully saturated rings. The van der Waals surface area contributed by atoms with Crippen LogP contribution in [0.1, 0.15) is 6.92 Å². The van der Waals surface area contributed by atoms with Crippen molar-refractivity contribution in [3.63, 3.8) is 0 Å². The highest BCUT2D eigenvalue weighted by atomic mass is 32.2. The van der Waals surface area contributed by atoms with Crippen molar-refractivity contribution in [1.82, 2.24) is 4.90 Å². The summed E-state index contributed by atoms with van der Waals surface area (Å²) in [7, 11) is 0. The van der Waals surface area contributed by atoms with E-state index in [1.807, 2.05) is 5.41 Å². The Hall–Kier alpha value is -0.480. The molecule has 0 saturated carbocycles. The SMILES string of the molecule is CC(O)C1C(=O)N2C=CS[C@H]12. The molecule has 1 N–H and O–H groups in total. The van der Waals surface area contributed by atoms with Gasteiger partial charge in [-0.2, -0.15) is 0 Å². The summed E-state index contributed by atoms with van der Waals surface area (Å²) in [5.74, 6) is -0.138. The Bertz CT molecular complexity index is 226. The predicted molar refractivity (Wildman–Crippen MR) is 42.5 cm³/mol. The van der Waals surface area contributed by atoms with Crippen LogP contribution >= 0.6 is 11.8 Å². The normalized spacial score (nSPS) is 36.9. The molecule has 0 aromatic carbocycles. The van der Waals surface area contributed by atoms with E-state index in [4.69, 9.17) is 0 Å². The molecule has 0 aliphatic carbocycles. The van der Waals surface area contributed by atoms with Crippen molar-refractivity contribution in [2.24, 2.45) is 5.92 Å². The zero-order valence-electron chi connectivity index (χ0n) is 6.10. The molecule has 2 heterocycles. The Balaban J connectivity index is 2.12. The first kappa shape index (κ1) is 7.18. The van der Waals surface area contributed by atoms with Crippen LogP contribution in [0.15, 0.2) is 11.6 Å². The molecule has 2 aliphatic rings. The molecular weight excluding hydrogens is 162 g/mol. The third-order valence-corrected chi connectivity index (χ3v) is 3.16. The number of aliphatic hydroxyl groups excluding tert-OH is 1. The van der Waals surface area contributed by atoms with E-state index in [1.54, 1.807) is 29.8 Å². The molecule has 11 heavy (non-hydrogen) atoms. The summed E-state index contributed by atoms with van der Waals surface area (Å²) in [5.41, 5.74) is 0. The van der Waals surface area contributed by atoms with Crippen LogP contribution in [-0.4, -0.2) is 27.4 Å². The number of fused-ring (bicyclic) bond motifs is 1. The van der Waals surface area contributed by atoms with Gasteiger partial charge in [-0.1, -0.05) is 0 Å². The summed E-state index contributed by atoms with van der Waals surface area (Å²) in [6.45, 7) is 1.67. The Morgan fingerprint density at radius 1 is 1.82 bits per heavy atom. The minimum atomic E-state index is -0.517. The molecule has 0 aromatic heterocycles. The van der Waals surface area contributed by atoms with Crippen LogP contribution in [0.5, 0.6) is 0 Å². The van der Waals surface area contributed by atoms with Gasteiger partial charge in [0, 0.05) is 6.20 Å². The third-order valence-electron chi connectivity index (χ3n) is 2.08. The fourth-order valence-electron chi connectivity index (χ4n) is 1.44. The number of nitrogens with zero attached hydrogens (tertiary/aromatic N) is 1. The van der Waals surface area contributed by atoms with Gasteiger partial charge in [0.25, 0.3) is 0 Å². The van der Waals surface area contributed by atoms with Gasteiger partial charge in [-0.3, -0.25) is 4.79 Å². The van der Waals surface area contributed by atoms with E-state index in [2.05, 4.69) is 0 Å². The average Bonchev–Trinajstić information content (AvgIpc) is 2.30. The molecule has 3 atom stereocenters. The summed E-state index contributed by atoms with van der Waals surface area (Å²) in [6, 6.07) is 0. The van der Waals surface area contributed by atoms with E-state index >= 15 is 0 Å². The highest BCUT2D eigenvalue weighted by Gasteiger charge is 2.50. The zero-order valence-corrected chi connectivity index (χ0v) is 6.91. The molecule has 2 rings (SSSR count). The predicted octanol–water partition coefficient (Wildman–Crippen LogP) is 0.370. The molecule has 3 nitrogen and oxygen atoms in total. The monoisotopic (exact) mass is 171 g/mol. The first-order valence-corrected chi connectivity index (χ1v) is 4.48. The van der Waals surface area contributed by atoms with Gasteiger partial charge >= 0.3 is 0 Å². The Kier molecular flexibility index (Phi) is 1.47. The van der Waals surface area contributed by atoms with Gasteiger partial charge in [-0.05, 0) is 12.3 Å². The zero-order chi connectivity index (χ0) is 8.01. The average molecular weight is 171 g/mol. The van der Waals surface area contributed by atoms with Gasteiger partial charge in [0.15, 0.2) is 0 Å². The molecular formula is C7H9NO2S. The minimum absolute atomic E-state index is 0.0475. The molecule has 2 unspecified atom stereocenters. The fourth-order valence-corrected chi connectivity index (χ4v) is 2.63. The molecule has 4 heteroatoms. The van der Waals surface area contributed by atoms with Crippen molar-refractivity contribution in [3.05, 3.63) is 11.6 Å². The largest absolute Gasteiger partial charge is 0.392 e. The molecule has 0 bridgehead atoms. The Morgan fingerprint density at radius 2 is 2.55 bits per heavy atom. The van der Waals surface area contributed by atoms with Gasteiger partial charge in [-0.15, -0.1) is 11.8 Å². The summed E-state index contributed by atoms with van der Waals surface area (Å²) in [4.78, 5) is 12.9. The lowest BCUT2D eigenvalue weighted by Crippen LogP contribution is -2.58. The summed E-state index contributed by atoms with van der Waals surface area (Å²) < 4.78 is 0. The second-order valence-electron chi connectivity index (χ2n) is 2.82. The number of rotatable bonds is 1. The summed E-state index contributed by atoms with van der Waals surface area (Å²) in [6.07, 6.45) is 1.26. The number of carbonyl (C=O) groups is 1. The van der Waals surface area contributed by atoms with Gasteiger partial charge in [0.2, 0.25) is 5.91 Å². The van der Waals surface area contributed by atoms with Crippen LogP contribution in [-0.2, 0) is 4.79 Å². The highest BCUT2D eigenvalue weighted by molar-refractivity contribution is 8.03. The molecule has 1 saturated heterocycles. The third kappa shape index (κ3) is 0.827. The maximum Gasteiger partial charge on any atom is 0.236 e. The van der Waals surface area contributed by atoms with E-state index in [1.165, 1.54) is 0 Å². The standard InChI is InChI=1S/C7H9NO2S/c1-4(9)5-6(10)8-2-3-11-7(5)8/h2-5,7,9H,1H3/t4?,5?,7-/m1/s1. The van der Waals surface area contributed by atoms with E-state index < -0.39 is 6.10 Å². The number of aliphatic hydroxyl groups is 1. The maximum atomic E-state index is 11.2. The van der Waals surface area contributed by atoms with Crippen molar-refractivity contribution in [2.75, 3.05) is 0 Å². The van der Waals surface area contributed by atoms with Crippen LogP contribution in [0.4, 0.5) is 0 Å².